The molecule has 4 rings (SSSR count). The molecule has 1 fully saturated rings. The van der Waals surface area contributed by atoms with Gasteiger partial charge in [0.1, 0.15) is 34.4 Å². The minimum atomic E-state index is -2.83. The number of phenols is 1. The standard InChI is InChI=1S/C34H42O9/c1-16(2)26-28(39)24(19(5)36)30(41)34(43)31(42)27-29(40)25-21(13-10-14-22(25)38)18(4)32(27,6)23(33(26,34)7)15-20(37)12-9-8-11-17(3)35/h10,13-14,16,18,23,26,38,40-41,43H,8-9,11-12,15H2,1-7H3/t18-,23-,26?,32-,33-,34+/m1/s1. The molecule has 0 saturated heterocycles. The van der Waals surface area contributed by atoms with Gasteiger partial charge in [-0.3, -0.25) is 19.2 Å². The molecule has 4 N–H and O–H groups in total. The Labute approximate surface area is 251 Å². The van der Waals surface area contributed by atoms with Gasteiger partial charge in [0.2, 0.25) is 5.78 Å². The number of aliphatic hydroxyl groups excluding tert-OH is 2. The maximum absolute atomic E-state index is 14.7. The molecule has 0 bridgehead atoms. The molecule has 0 spiro atoms. The molecule has 0 heterocycles. The van der Waals surface area contributed by atoms with Crippen LogP contribution in [-0.2, 0) is 24.0 Å². The van der Waals surface area contributed by atoms with Gasteiger partial charge in [-0.15, -0.1) is 0 Å². The van der Waals surface area contributed by atoms with Gasteiger partial charge in [0.05, 0.1) is 5.56 Å². The van der Waals surface area contributed by atoms with E-state index in [1.165, 1.54) is 19.9 Å². The maximum Gasteiger partial charge on any atom is 0.203 e. The predicted octanol–water partition coefficient (Wildman–Crippen LogP) is 5.09. The number of fused-ring (bicyclic) bond motifs is 3. The molecule has 43 heavy (non-hydrogen) atoms. The SMILES string of the molecule is CC(=O)CCCCC(=O)C[C@@H]1[C@]2(C)C(=C(O)c3c(O)cccc3[C@H]2C)C(=O)[C@@]2(O)C(O)=C(C(C)=O)C(=O)C(C(C)C)[C@@]12C. The van der Waals surface area contributed by atoms with Gasteiger partial charge in [-0.2, -0.15) is 0 Å². The Hall–Kier alpha value is -3.59. The number of aliphatic hydroxyl groups is 3. The van der Waals surface area contributed by atoms with Crippen molar-refractivity contribution in [3.8, 4) is 5.75 Å². The zero-order chi connectivity index (χ0) is 32.4. The number of allylic oxidation sites excluding steroid dienone is 1. The highest BCUT2D eigenvalue weighted by molar-refractivity contribution is 6.24. The quantitative estimate of drug-likeness (QED) is 0.225. The van der Waals surface area contributed by atoms with Crippen molar-refractivity contribution in [3.63, 3.8) is 0 Å². The van der Waals surface area contributed by atoms with E-state index in [9.17, 15) is 44.4 Å². The van der Waals surface area contributed by atoms with Crippen molar-refractivity contribution in [1.82, 2.24) is 0 Å². The van der Waals surface area contributed by atoms with E-state index in [4.69, 9.17) is 0 Å². The number of benzene rings is 1. The highest BCUT2D eigenvalue weighted by Crippen LogP contribution is 2.71. The van der Waals surface area contributed by atoms with Gasteiger partial charge in [0.15, 0.2) is 17.2 Å². The highest BCUT2D eigenvalue weighted by atomic mass is 16.3. The summed E-state index contributed by atoms with van der Waals surface area (Å²) in [7, 11) is 0. The third-order valence-electron chi connectivity index (χ3n) is 10.7. The Morgan fingerprint density at radius 2 is 1.58 bits per heavy atom. The molecule has 0 amide bonds. The van der Waals surface area contributed by atoms with Gasteiger partial charge in [0, 0.05) is 41.6 Å². The number of hydrogen-bond acceptors (Lipinski definition) is 9. The number of hydrogen-bond donors (Lipinski definition) is 4. The van der Waals surface area contributed by atoms with Crippen LogP contribution in [-0.4, -0.2) is 54.9 Å². The van der Waals surface area contributed by atoms with Crippen LogP contribution in [0.2, 0.25) is 0 Å². The van der Waals surface area contributed by atoms with E-state index in [1.54, 1.807) is 32.9 Å². The lowest BCUT2D eigenvalue weighted by molar-refractivity contribution is -0.199. The van der Waals surface area contributed by atoms with Crippen LogP contribution in [0.15, 0.2) is 35.1 Å². The number of rotatable bonds is 9. The molecule has 0 aliphatic heterocycles. The molecule has 6 atom stereocenters. The number of aromatic hydroxyl groups is 1. The summed E-state index contributed by atoms with van der Waals surface area (Å²) in [5.74, 6) is -8.01. The van der Waals surface area contributed by atoms with E-state index in [0.717, 1.165) is 6.92 Å². The van der Waals surface area contributed by atoms with Crippen LogP contribution in [0.25, 0.3) is 5.76 Å². The zero-order valence-corrected chi connectivity index (χ0v) is 25.9. The van der Waals surface area contributed by atoms with Crippen LogP contribution in [0.4, 0.5) is 0 Å². The van der Waals surface area contributed by atoms with Gasteiger partial charge in [-0.25, -0.2) is 0 Å². The molecular formula is C34H42O9. The van der Waals surface area contributed by atoms with Crippen LogP contribution in [0.1, 0.15) is 97.6 Å². The first-order valence-corrected chi connectivity index (χ1v) is 14.9. The van der Waals surface area contributed by atoms with Crippen molar-refractivity contribution < 1.29 is 44.4 Å². The Balaban J connectivity index is 2.07. The van der Waals surface area contributed by atoms with E-state index < -0.39 is 74.5 Å². The summed E-state index contributed by atoms with van der Waals surface area (Å²) < 4.78 is 0. The molecule has 1 saturated carbocycles. The van der Waals surface area contributed by atoms with Gasteiger partial charge in [-0.05, 0) is 56.1 Å². The summed E-state index contributed by atoms with van der Waals surface area (Å²) in [5.41, 5.74) is -6.36. The van der Waals surface area contributed by atoms with Crippen LogP contribution in [0.3, 0.4) is 0 Å². The smallest absolute Gasteiger partial charge is 0.203 e. The number of carbonyl (C=O) groups is 5. The molecule has 1 unspecified atom stereocenters. The summed E-state index contributed by atoms with van der Waals surface area (Å²) in [5, 5.41) is 46.5. The van der Waals surface area contributed by atoms with Crippen molar-refractivity contribution in [2.24, 2.45) is 28.6 Å². The molecule has 0 radical (unpaired) electrons. The van der Waals surface area contributed by atoms with E-state index in [2.05, 4.69) is 0 Å². The largest absolute Gasteiger partial charge is 0.508 e. The summed E-state index contributed by atoms with van der Waals surface area (Å²) in [6, 6.07) is 4.68. The van der Waals surface area contributed by atoms with Crippen molar-refractivity contribution in [2.45, 2.75) is 92.1 Å². The Morgan fingerprint density at radius 3 is 2.14 bits per heavy atom. The minimum absolute atomic E-state index is 0.00978. The summed E-state index contributed by atoms with van der Waals surface area (Å²) in [4.78, 5) is 66.5. The van der Waals surface area contributed by atoms with E-state index in [-0.39, 0.29) is 41.3 Å². The second kappa shape index (κ2) is 10.8. The maximum atomic E-state index is 14.7. The fourth-order valence-corrected chi connectivity index (χ4v) is 8.54. The molecule has 9 heteroatoms. The number of phenolic OH excluding ortho intramolecular Hbond substituents is 1. The van der Waals surface area contributed by atoms with Crippen molar-refractivity contribution in [1.29, 1.82) is 0 Å². The number of ketones is 5. The fourth-order valence-electron chi connectivity index (χ4n) is 8.54. The van der Waals surface area contributed by atoms with Crippen LogP contribution >= 0.6 is 0 Å². The first-order valence-electron chi connectivity index (χ1n) is 14.9. The Bertz CT molecular complexity index is 1500. The second-order valence-corrected chi connectivity index (χ2v) is 13.4. The zero-order valence-electron chi connectivity index (χ0n) is 25.9. The summed E-state index contributed by atoms with van der Waals surface area (Å²) >= 11 is 0. The first-order chi connectivity index (χ1) is 19.9. The lowest BCUT2D eigenvalue weighted by Crippen LogP contribution is -2.73. The van der Waals surface area contributed by atoms with Crippen LogP contribution in [0, 0.1) is 28.6 Å². The van der Waals surface area contributed by atoms with Gasteiger partial charge in [-0.1, -0.05) is 46.8 Å². The molecule has 3 aliphatic carbocycles. The Morgan fingerprint density at radius 1 is 0.977 bits per heavy atom. The van der Waals surface area contributed by atoms with Crippen LogP contribution in [0.5, 0.6) is 5.75 Å². The number of carbonyl (C=O) groups excluding carboxylic acids is 5. The van der Waals surface area contributed by atoms with Gasteiger partial charge in [0.25, 0.3) is 0 Å². The molecule has 1 aromatic carbocycles. The van der Waals surface area contributed by atoms with Gasteiger partial charge < -0.3 is 25.2 Å². The molecule has 9 nitrogen and oxygen atoms in total. The monoisotopic (exact) mass is 594 g/mol. The third kappa shape index (κ3) is 4.33. The van der Waals surface area contributed by atoms with Crippen LogP contribution < -0.4 is 0 Å². The summed E-state index contributed by atoms with van der Waals surface area (Å²) in [6.45, 7) is 11.0. The number of unbranched alkanes of at least 4 members (excludes halogenated alkanes) is 1. The minimum Gasteiger partial charge on any atom is -0.508 e. The average Bonchev–Trinajstić information content (AvgIpc) is 2.90. The topological polar surface area (TPSA) is 166 Å². The molecule has 0 aromatic heterocycles. The first kappa shape index (κ1) is 32.3. The van der Waals surface area contributed by atoms with Crippen molar-refractivity contribution in [2.75, 3.05) is 0 Å². The molecule has 3 aliphatic rings. The van der Waals surface area contributed by atoms with E-state index >= 15 is 0 Å². The lowest BCUT2D eigenvalue weighted by Gasteiger charge is -2.65. The predicted molar refractivity (Wildman–Crippen MR) is 158 cm³/mol. The fraction of sp³-hybridized carbons (Fsp3) is 0.559. The molecular weight excluding hydrogens is 552 g/mol. The van der Waals surface area contributed by atoms with Crippen molar-refractivity contribution in [3.05, 3.63) is 46.2 Å². The third-order valence-corrected chi connectivity index (χ3v) is 10.7. The van der Waals surface area contributed by atoms with Gasteiger partial charge >= 0.3 is 0 Å². The van der Waals surface area contributed by atoms with E-state index in [0.29, 0.717) is 24.8 Å². The normalized spacial score (nSPS) is 32.0. The van der Waals surface area contributed by atoms with Crippen molar-refractivity contribution >= 4 is 34.7 Å². The second-order valence-electron chi connectivity index (χ2n) is 13.4. The summed E-state index contributed by atoms with van der Waals surface area (Å²) in [6.07, 6.45) is 1.18. The molecule has 232 valence electrons. The lowest BCUT2D eigenvalue weighted by atomic mass is 9.37. The Kier molecular flexibility index (Phi) is 8.15. The molecule has 1 aromatic rings. The average molecular weight is 595 g/mol. The highest BCUT2D eigenvalue weighted by Gasteiger charge is 2.76. The van der Waals surface area contributed by atoms with E-state index in [1.807, 2.05) is 6.92 Å². The number of Topliss-reactive ketones (excluding diaryl/α,β-unsaturated/α-hetero) is 5.